The van der Waals surface area contributed by atoms with Gasteiger partial charge in [0.05, 0.1) is 5.56 Å². The minimum atomic E-state index is -0.346. The van der Waals surface area contributed by atoms with Gasteiger partial charge in [-0.05, 0) is 52.4 Å². The molecular weight excluding hydrogens is 297 g/mol. The van der Waals surface area contributed by atoms with Crippen molar-refractivity contribution in [2.75, 3.05) is 6.54 Å². The van der Waals surface area contributed by atoms with Crippen LogP contribution in [0.3, 0.4) is 0 Å². The van der Waals surface area contributed by atoms with Crippen molar-refractivity contribution in [2.45, 2.75) is 32.6 Å². The van der Waals surface area contributed by atoms with Crippen LogP contribution in [0.25, 0.3) is 0 Å². The fourth-order valence-electron chi connectivity index (χ4n) is 2.47. The highest BCUT2D eigenvalue weighted by Crippen LogP contribution is 2.36. The summed E-state index contributed by atoms with van der Waals surface area (Å²) >= 11 is 3.21. The third kappa shape index (κ3) is 3.10. The number of amides is 1. The van der Waals surface area contributed by atoms with Crippen LogP contribution in [0.1, 0.15) is 43.0 Å². The monoisotopic (exact) mass is 313 g/mol. The van der Waals surface area contributed by atoms with Crippen LogP contribution in [0.15, 0.2) is 22.7 Å². The topological polar surface area (TPSA) is 29.1 Å². The number of carbonyl (C=O) groups excluding carboxylic acids is 1. The second-order valence-electron chi connectivity index (χ2n) is 5.32. The van der Waals surface area contributed by atoms with Crippen molar-refractivity contribution in [1.82, 2.24) is 5.32 Å². The van der Waals surface area contributed by atoms with Crippen molar-refractivity contribution in [2.24, 2.45) is 5.41 Å². The summed E-state index contributed by atoms with van der Waals surface area (Å²) < 4.78 is 13.4. The lowest BCUT2D eigenvalue weighted by molar-refractivity contribution is 0.0933. The Kier molecular flexibility index (Phi) is 4.05. The first-order valence-electron chi connectivity index (χ1n) is 6.23. The molecule has 0 radical (unpaired) electrons. The zero-order valence-corrected chi connectivity index (χ0v) is 12.0. The number of halogens is 2. The lowest BCUT2D eigenvalue weighted by Gasteiger charge is -2.23. The van der Waals surface area contributed by atoms with Gasteiger partial charge in [0.25, 0.3) is 5.91 Å². The van der Waals surface area contributed by atoms with Gasteiger partial charge in [-0.25, -0.2) is 4.39 Å². The molecule has 4 heteroatoms. The summed E-state index contributed by atoms with van der Waals surface area (Å²) in [4.78, 5) is 12.0. The Labute approximate surface area is 115 Å². The normalized spacial score (nSPS) is 17.7. The number of nitrogens with one attached hydrogen (secondary N) is 1. The number of benzene rings is 1. The number of carbonyl (C=O) groups is 1. The number of rotatable bonds is 3. The van der Waals surface area contributed by atoms with E-state index in [1.54, 1.807) is 0 Å². The van der Waals surface area contributed by atoms with Gasteiger partial charge in [0.1, 0.15) is 5.82 Å². The van der Waals surface area contributed by atoms with E-state index in [0.717, 1.165) is 12.8 Å². The third-order valence-corrected chi connectivity index (χ3v) is 4.32. The van der Waals surface area contributed by atoms with Gasteiger partial charge in [-0.15, -0.1) is 0 Å². The molecule has 0 aliphatic heterocycles. The van der Waals surface area contributed by atoms with Gasteiger partial charge < -0.3 is 5.32 Å². The molecule has 1 aliphatic rings. The highest BCUT2D eigenvalue weighted by Gasteiger charge is 2.29. The van der Waals surface area contributed by atoms with Crippen LogP contribution in [0.4, 0.5) is 4.39 Å². The molecule has 98 valence electrons. The zero-order valence-electron chi connectivity index (χ0n) is 10.4. The Morgan fingerprint density at radius 2 is 2.11 bits per heavy atom. The molecule has 1 fully saturated rings. The van der Waals surface area contributed by atoms with Gasteiger partial charge in [-0.3, -0.25) is 4.79 Å². The summed E-state index contributed by atoms with van der Waals surface area (Å²) in [6, 6.07) is 4.12. The molecule has 0 unspecified atom stereocenters. The molecule has 2 nitrogen and oxygen atoms in total. The molecule has 0 aromatic heterocycles. The minimum Gasteiger partial charge on any atom is -0.351 e. The zero-order chi connectivity index (χ0) is 13.2. The molecule has 1 N–H and O–H groups in total. The van der Waals surface area contributed by atoms with Crippen molar-refractivity contribution in [1.29, 1.82) is 0 Å². The van der Waals surface area contributed by atoms with E-state index in [4.69, 9.17) is 0 Å². The summed E-state index contributed by atoms with van der Waals surface area (Å²) in [6.45, 7) is 2.90. The molecule has 1 aromatic carbocycles. The fraction of sp³-hybridized carbons (Fsp3) is 0.500. The van der Waals surface area contributed by atoms with Gasteiger partial charge >= 0.3 is 0 Å². The van der Waals surface area contributed by atoms with E-state index in [1.165, 1.54) is 31.0 Å². The van der Waals surface area contributed by atoms with E-state index < -0.39 is 0 Å². The molecule has 0 heterocycles. The molecule has 0 saturated heterocycles. The lowest BCUT2D eigenvalue weighted by Crippen LogP contribution is -2.34. The lowest BCUT2D eigenvalue weighted by atomic mass is 9.89. The van der Waals surface area contributed by atoms with Crippen molar-refractivity contribution in [3.8, 4) is 0 Å². The van der Waals surface area contributed by atoms with Crippen molar-refractivity contribution in [3.05, 3.63) is 34.1 Å². The number of hydrogen-bond donors (Lipinski definition) is 1. The Bertz CT molecular complexity index is 455. The van der Waals surface area contributed by atoms with E-state index >= 15 is 0 Å². The van der Waals surface area contributed by atoms with Crippen LogP contribution in [-0.2, 0) is 0 Å². The molecule has 18 heavy (non-hydrogen) atoms. The second kappa shape index (κ2) is 5.39. The summed E-state index contributed by atoms with van der Waals surface area (Å²) in [5.41, 5.74) is 0.709. The van der Waals surface area contributed by atoms with Gasteiger partial charge in [0.2, 0.25) is 0 Å². The first-order chi connectivity index (χ1) is 8.50. The van der Waals surface area contributed by atoms with Gasteiger partial charge in [0.15, 0.2) is 0 Å². The third-order valence-electron chi connectivity index (χ3n) is 3.66. The average Bonchev–Trinajstić information content (AvgIpc) is 2.74. The Balaban J connectivity index is 1.99. The predicted molar refractivity (Wildman–Crippen MR) is 73.0 cm³/mol. The standard InChI is InChI=1S/C14H17BrFNO/c1-14(6-2-3-7-14)9-17-13(18)11-5-4-10(16)8-12(11)15/h4-5,8H,2-3,6-7,9H2,1H3,(H,17,18). The summed E-state index contributed by atoms with van der Waals surface area (Å²) in [5, 5.41) is 2.95. The average molecular weight is 314 g/mol. The maximum Gasteiger partial charge on any atom is 0.252 e. The first-order valence-corrected chi connectivity index (χ1v) is 7.03. The van der Waals surface area contributed by atoms with E-state index in [2.05, 4.69) is 28.2 Å². The molecular formula is C14H17BrFNO. The van der Waals surface area contributed by atoms with Crippen LogP contribution < -0.4 is 5.32 Å². The first kappa shape index (κ1) is 13.5. The number of hydrogen-bond acceptors (Lipinski definition) is 1. The molecule has 0 spiro atoms. The van der Waals surface area contributed by atoms with Crippen molar-refractivity contribution >= 4 is 21.8 Å². The van der Waals surface area contributed by atoms with Gasteiger partial charge in [0, 0.05) is 11.0 Å². The minimum absolute atomic E-state index is 0.144. The van der Waals surface area contributed by atoms with Crippen LogP contribution in [0.5, 0.6) is 0 Å². The van der Waals surface area contributed by atoms with E-state index in [-0.39, 0.29) is 17.1 Å². The molecule has 1 aromatic rings. The smallest absolute Gasteiger partial charge is 0.252 e. The summed E-state index contributed by atoms with van der Waals surface area (Å²) in [5.74, 6) is -0.490. The Morgan fingerprint density at radius 3 is 2.72 bits per heavy atom. The van der Waals surface area contributed by atoms with E-state index in [0.29, 0.717) is 16.6 Å². The predicted octanol–water partition coefficient (Wildman–Crippen LogP) is 3.90. The fourth-order valence-corrected chi connectivity index (χ4v) is 3.00. The second-order valence-corrected chi connectivity index (χ2v) is 6.18. The molecule has 1 saturated carbocycles. The molecule has 1 aliphatic carbocycles. The van der Waals surface area contributed by atoms with Gasteiger partial charge in [-0.1, -0.05) is 19.8 Å². The Hall–Kier alpha value is -0.900. The summed E-state index contributed by atoms with van der Waals surface area (Å²) in [6.07, 6.45) is 4.81. The maximum atomic E-state index is 12.9. The SMILES string of the molecule is CC1(CNC(=O)c2ccc(F)cc2Br)CCCC1. The van der Waals surface area contributed by atoms with Crippen LogP contribution in [0.2, 0.25) is 0 Å². The van der Waals surface area contributed by atoms with Crippen molar-refractivity contribution in [3.63, 3.8) is 0 Å². The Morgan fingerprint density at radius 1 is 1.44 bits per heavy atom. The van der Waals surface area contributed by atoms with Gasteiger partial charge in [-0.2, -0.15) is 0 Å². The maximum absolute atomic E-state index is 12.9. The quantitative estimate of drug-likeness (QED) is 0.901. The van der Waals surface area contributed by atoms with Crippen LogP contribution in [-0.4, -0.2) is 12.5 Å². The molecule has 0 bridgehead atoms. The summed E-state index contributed by atoms with van der Waals surface area (Å²) in [7, 11) is 0. The van der Waals surface area contributed by atoms with E-state index in [9.17, 15) is 9.18 Å². The van der Waals surface area contributed by atoms with Crippen LogP contribution in [0, 0.1) is 11.2 Å². The molecule has 0 atom stereocenters. The highest BCUT2D eigenvalue weighted by molar-refractivity contribution is 9.10. The highest BCUT2D eigenvalue weighted by atomic mass is 79.9. The molecule has 1 amide bonds. The largest absolute Gasteiger partial charge is 0.351 e. The van der Waals surface area contributed by atoms with Crippen LogP contribution >= 0.6 is 15.9 Å². The molecule has 2 rings (SSSR count). The van der Waals surface area contributed by atoms with Crippen molar-refractivity contribution < 1.29 is 9.18 Å². The van der Waals surface area contributed by atoms with E-state index in [1.807, 2.05) is 0 Å².